The van der Waals surface area contributed by atoms with E-state index in [0.29, 0.717) is 41.2 Å². The number of sulfone groups is 1. The molecule has 9 heteroatoms. The number of furan rings is 1. The smallest absolute Gasteiger partial charge is 0.293 e. The van der Waals surface area contributed by atoms with Gasteiger partial charge < -0.3 is 18.4 Å². The van der Waals surface area contributed by atoms with Crippen LogP contribution in [0, 0.1) is 5.92 Å². The van der Waals surface area contributed by atoms with Gasteiger partial charge in [0, 0.05) is 5.56 Å². The molecule has 2 aromatic heterocycles. The number of hydrogen-bond acceptors (Lipinski definition) is 8. The van der Waals surface area contributed by atoms with Crippen LogP contribution in [0.2, 0.25) is 0 Å². The molecule has 0 saturated heterocycles. The molecular weight excluding hydrogens is 468 g/mol. The first kappa shape index (κ1) is 24.5. The highest BCUT2D eigenvalue weighted by atomic mass is 32.2. The van der Waals surface area contributed by atoms with Crippen LogP contribution in [0.25, 0.3) is 23.0 Å². The predicted octanol–water partition coefficient (Wildman–Crippen LogP) is 5.58. The molecule has 0 spiro atoms. The number of methoxy groups -OCH3 is 1. The zero-order valence-corrected chi connectivity index (χ0v) is 21.0. The number of ether oxygens (including phenoxy) is 2. The average molecular weight is 497 g/mol. The summed E-state index contributed by atoms with van der Waals surface area (Å²) in [5.41, 5.74) is 1.78. The van der Waals surface area contributed by atoms with Gasteiger partial charge in [0.25, 0.3) is 5.89 Å². The SMILES string of the molecule is CCOc1ccc(-c2noc(-c3ccc(CS(=O)(=O)c4ccc(CC(C)C)cc4)o3)n2)cc1OC. The molecule has 2 heterocycles. The lowest BCUT2D eigenvalue weighted by Gasteiger charge is -2.09. The van der Waals surface area contributed by atoms with E-state index in [9.17, 15) is 8.42 Å². The minimum atomic E-state index is -3.57. The van der Waals surface area contributed by atoms with Crippen molar-refractivity contribution in [3.63, 3.8) is 0 Å². The van der Waals surface area contributed by atoms with Crippen LogP contribution >= 0.6 is 0 Å². The molecular formula is C26H28N2O6S. The van der Waals surface area contributed by atoms with Crippen molar-refractivity contribution in [1.82, 2.24) is 10.1 Å². The molecule has 0 bridgehead atoms. The Morgan fingerprint density at radius 2 is 1.77 bits per heavy atom. The summed E-state index contributed by atoms with van der Waals surface area (Å²) in [6.07, 6.45) is 0.900. The molecule has 0 unspecified atom stereocenters. The van der Waals surface area contributed by atoms with Crippen molar-refractivity contribution in [3.05, 3.63) is 65.9 Å². The van der Waals surface area contributed by atoms with E-state index in [1.165, 1.54) is 0 Å². The molecule has 0 amide bonds. The third-order valence-corrected chi connectivity index (χ3v) is 6.93. The van der Waals surface area contributed by atoms with Crippen molar-refractivity contribution >= 4 is 9.84 Å². The first-order valence-corrected chi connectivity index (χ1v) is 13.0. The lowest BCUT2D eigenvalue weighted by Crippen LogP contribution is -2.04. The van der Waals surface area contributed by atoms with Gasteiger partial charge in [0.15, 0.2) is 27.1 Å². The Morgan fingerprint density at radius 1 is 1.00 bits per heavy atom. The van der Waals surface area contributed by atoms with Crippen LogP contribution in [-0.2, 0) is 22.0 Å². The van der Waals surface area contributed by atoms with Crippen molar-refractivity contribution in [1.29, 1.82) is 0 Å². The monoisotopic (exact) mass is 496 g/mol. The summed E-state index contributed by atoms with van der Waals surface area (Å²) in [7, 11) is -2.01. The van der Waals surface area contributed by atoms with Gasteiger partial charge >= 0.3 is 0 Å². The fraction of sp³-hybridized carbons (Fsp3) is 0.308. The Morgan fingerprint density at radius 3 is 2.46 bits per heavy atom. The second kappa shape index (κ2) is 10.4. The summed E-state index contributed by atoms with van der Waals surface area (Å²) in [5.74, 6) is 2.47. The van der Waals surface area contributed by atoms with Gasteiger partial charge in [-0.2, -0.15) is 4.98 Å². The third-order valence-electron chi connectivity index (χ3n) is 5.28. The van der Waals surface area contributed by atoms with E-state index >= 15 is 0 Å². The highest BCUT2D eigenvalue weighted by Gasteiger charge is 2.20. The zero-order valence-electron chi connectivity index (χ0n) is 20.1. The maximum Gasteiger partial charge on any atom is 0.293 e. The van der Waals surface area contributed by atoms with Crippen LogP contribution in [0.4, 0.5) is 0 Å². The Hall–Kier alpha value is -3.59. The van der Waals surface area contributed by atoms with E-state index in [-0.39, 0.29) is 22.3 Å². The highest BCUT2D eigenvalue weighted by molar-refractivity contribution is 7.90. The van der Waals surface area contributed by atoms with Gasteiger partial charge in [0.05, 0.1) is 18.6 Å². The maximum absolute atomic E-state index is 12.9. The molecule has 0 saturated carbocycles. The van der Waals surface area contributed by atoms with Gasteiger partial charge in [-0.05, 0) is 67.3 Å². The number of hydrogen-bond donors (Lipinski definition) is 0. The second-order valence-corrected chi connectivity index (χ2v) is 10.5. The van der Waals surface area contributed by atoms with E-state index < -0.39 is 9.84 Å². The number of aromatic nitrogens is 2. The van der Waals surface area contributed by atoms with E-state index in [0.717, 1.165) is 12.0 Å². The summed E-state index contributed by atoms with van der Waals surface area (Å²) in [4.78, 5) is 4.64. The van der Waals surface area contributed by atoms with E-state index in [2.05, 4.69) is 24.0 Å². The van der Waals surface area contributed by atoms with E-state index in [4.69, 9.17) is 18.4 Å². The van der Waals surface area contributed by atoms with Crippen LogP contribution in [0.15, 0.2) is 68.4 Å². The van der Waals surface area contributed by atoms with Crippen LogP contribution in [0.5, 0.6) is 11.5 Å². The number of nitrogens with zero attached hydrogens (tertiary/aromatic N) is 2. The molecule has 35 heavy (non-hydrogen) atoms. The number of rotatable bonds is 10. The zero-order chi connectivity index (χ0) is 25.0. The van der Waals surface area contributed by atoms with Crippen LogP contribution in [-0.4, -0.2) is 32.3 Å². The highest BCUT2D eigenvalue weighted by Crippen LogP contribution is 2.33. The summed E-state index contributed by atoms with van der Waals surface area (Å²) in [6, 6.07) is 15.6. The number of benzene rings is 2. The van der Waals surface area contributed by atoms with Gasteiger partial charge in [-0.3, -0.25) is 0 Å². The summed E-state index contributed by atoms with van der Waals surface area (Å²) in [6.45, 7) is 6.66. The molecule has 8 nitrogen and oxygen atoms in total. The average Bonchev–Trinajstić information content (AvgIpc) is 3.49. The summed E-state index contributed by atoms with van der Waals surface area (Å²) >= 11 is 0. The van der Waals surface area contributed by atoms with E-state index in [1.807, 2.05) is 19.1 Å². The van der Waals surface area contributed by atoms with Crippen LogP contribution in [0.3, 0.4) is 0 Å². The van der Waals surface area contributed by atoms with Crippen molar-refractivity contribution in [2.75, 3.05) is 13.7 Å². The van der Waals surface area contributed by atoms with Crippen molar-refractivity contribution in [2.45, 2.75) is 37.8 Å². The third kappa shape index (κ3) is 5.74. The first-order chi connectivity index (χ1) is 16.8. The van der Waals surface area contributed by atoms with Crippen molar-refractivity contribution in [3.8, 4) is 34.5 Å². The normalized spacial score (nSPS) is 11.7. The molecule has 4 rings (SSSR count). The van der Waals surface area contributed by atoms with Crippen molar-refractivity contribution in [2.24, 2.45) is 5.92 Å². The van der Waals surface area contributed by atoms with Crippen molar-refractivity contribution < 1.29 is 26.8 Å². The standard InChI is InChI=1S/C26H28N2O6S/c1-5-32-22-12-8-19(15-24(22)31-4)25-27-26(34-28-25)23-13-9-20(33-23)16-35(29,30)21-10-6-18(7-11-21)14-17(2)3/h6-13,15,17H,5,14,16H2,1-4H3. The lowest BCUT2D eigenvalue weighted by molar-refractivity contribution is 0.311. The molecule has 4 aromatic rings. The maximum atomic E-state index is 12.9. The first-order valence-electron chi connectivity index (χ1n) is 11.3. The van der Waals surface area contributed by atoms with Gasteiger partial charge in [-0.1, -0.05) is 31.1 Å². The molecule has 0 aliphatic carbocycles. The molecule has 0 aliphatic heterocycles. The predicted molar refractivity (Wildman–Crippen MR) is 131 cm³/mol. The Labute approximate surface area is 204 Å². The van der Waals surface area contributed by atoms with Crippen LogP contribution < -0.4 is 9.47 Å². The molecule has 0 atom stereocenters. The van der Waals surface area contributed by atoms with Gasteiger partial charge in [0.2, 0.25) is 5.82 Å². The molecule has 2 aromatic carbocycles. The molecule has 0 N–H and O–H groups in total. The summed E-state index contributed by atoms with van der Waals surface area (Å²) in [5, 5.41) is 4.01. The van der Waals surface area contributed by atoms with E-state index in [1.54, 1.807) is 49.6 Å². The quantitative estimate of drug-likeness (QED) is 0.280. The molecule has 0 aliphatic rings. The van der Waals surface area contributed by atoms with Gasteiger partial charge in [0.1, 0.15) is 11.5 Å². The minimum absolute atomic E-state index is 0.148. The summed E-state index contributed by atoms with van der Waals surface area (Å²) < 4.78 is 47.7. The van der Waals surface area contributed by atoms with Crippen LogP contribution in [0.1, 0.15) is 32.1 Å². The van der Waals surface area contributed by atoms with Gasteiger partial charge in [-0.15, -0.1) is 0 Å². The lowest BCUT2D eigenvalue weighted by atomic mass is 10.0. The molecule has 0 fully saturated rings. The molecule has 0 radical (unpaired) electrons. The largest absolute Gasteiger partial charge is 0.493 e. The molecule has 184 valence electrons. The Kier molecular flexibility index (Phi) is 7.25. The fourth-order valence-corrected chi connectivity index (χ4v) is 4.91. The minimum Gasteiger partial charge on any atom is -0.493 e. The Balaban J connectivity index is 1.49. The second-order valence-electron chi connectivity index (χ2n) is 8.49. The topological polar surface area (TPSA) is 105 Å². The van der Waals surface area contributed by atoms with Gasteiger partial charge in [-0.25, -0.2) is 8.42 Å². The fourth-order valence-electron chi connectivity index (χ4n) is 3.67. The Bertz CT molecular complexity index is 1390.